The number of carbonyl (C=O) groups is 12. The first-order chi connectivity index (χ1) is 51.4. The number of ketones is 2. The summed E-state index contributed by atoms with van der Waals surface area (Å²) in [6, 6.07) is 33.8. The normalized spacial score (nSPS) is 18.5. The van der Waals surface area contributed by atoms with Crippen LogP contribution in [0.4, 0.5) is 11.4 Å². The third-order valence-corrected chi connectivity index (χ3v) is 22.5. The van der Waals surface area contributed by atoms with Crippen LogP contribution in [0.25, 0.3) is 0 Å². The first-order valence-electron chi connectivity index (χ1n) is 38.6. The number of nitrogens with zero attached hydrogens (tertiary/aromatic N) is 2. The van der Waals surface area contributed by atoms with Crippen molar-refractivity contribution in [2.45, 2.75) is 252 Å². The molecule has 2 saturated heterocycles. The van der Waals surface area contributed by atoms with Gasteiger partial charge in [-0.15, -0.1) is 23.5 Å². The average Bonchev–Trinajstić information content (AvgIpc) is 1.69. The van der Waals surface area contributed by atoms with E-state index >= 15 is 0 Å². The topological polar surface area (TPSA) is 302 Å². The van der Waals surface area contributed by atoms with E-state index in [0.29, 0.717) is 102 Å². The van der Waals surface area contributed by atoms with Gasteiger partial charge in [-0.25, -0.2) is 11.0 Å². The van der Waals surface area contributed by atoms with Gasteiger partial charge in [0.15, 0.2) is 0 Å². The quantitative estimate of drug-likeness (QED) is 0.0136. The lowest BCUT2D eigenvalue weighted by molar-refractivity contribution is -0.139. The number of thioether (sulfide) groups is 2. The maximum Gasteiger partial charge on any atom is 0.243 e. The Kier molecular flexibility index (Phi) is 38.8. The SMILES string of the molecule is CNC(=O)C1CCC(CCC(=O)CCCCCN2C(=O)CC(Sc3ccc(CONC(=O)CCCCCCC(=O)Nc4ccccc4)cc3)C2=O)CC1.CNC(=O)C1CCC(CCC(=O)CCCCCN2C(=O)CC(Sc3ccc(CONC(=O)CCCCCCC(=O)Nc4ccccc4)cc3)C2=O)CC1. The highest BCUT2D eigenvalue weighted by molar-refractivity contribution is 8.01. The molecule has 10 amide bonds. The molecule has 4 aromatic rings. The van der Waals surface area contributed by atoms with Crippen molar-refractivity contribution in [2.75, 3.05) is 37.8 Å². The van der Waals surface area contributed by atoms with Crippen LogP contribution in [0, 0.1) is 23.7 Å². The molecule has 0 bridgehead atoms. The molecular weight excluding hydrogens is 1390 g/mol. The molecule has 106 heavy (non-hydrogen) atoms. The van der Waals surface area contributed by atoms with Gasteiger partial charge in [-0.1, -0.05) is 99.2 Å². The summed E-state index contributed by atoms with van der Waals surface area (Å²) in [4.78, 5) is 163. The number of benzene rings is 4. The van der Waals surface area contributed by atoms with Crippen molar-refractivity contribution >= 4 is 106 Å². The number of carbonyl (C=O) groups excluding carboxylic acids is 12. The summed E-state index contributed by atoms with van der Waals surface area (Å²) in [5.74, 6) is 1.06. The Bertz CT molecular complexity index is 3220. The number of likely N-dealkylation sites (tertiary alicyclic amines) is 2. The maximum absolute atomic E-state index is 13.0. The van der Waals surface area contributed by atoms with Crippen molar-refractivity contribution in [3.05, 3.63) is 120 Å². The van der Waals surface area contributed by atoms with Gasteiger partial charge in [0.05, 0.1) is 23.7 Å². The molecular formula is C82H112N8O14S2. The van der Waals surface area contributed by atoms with Crippen LogP contribution in [0.2, 0.25) is 0 Å². The summed E-state index contributed by atoms with van der Waals surface area (Å²) in [5.41, 5.74) is 8.29. The maximum atomic E-state index is 13.0. The summed E-state index contributed by atoms with van der Waals surface area (Å²) in [6.45, 7) is 1.17. The molecule has 2 aliphatic heterocycles. The van der Waals surface area contributed by atoms with E-state index < -0.39 is 10.5 Å². The van der Waals surface area contributed by atoms with E-state index in [2.05, 4.69) is 32.2 Å². The Balaban J connectivity index is 0.000000296. The molecule has 4 aromatic carbocycles. The number of hydrogen-bond acceptors (Lipinski definition) is 16. The fourth-order valence-corrected chi connectivity index (χ4v) is 16.0. The molecule has 6 N–H and O–H groups in total. The molecule has 4 fully saturated rings. The lowest BCUT2D eigenvalue weighted by Gasteiger charge is -2.27. The highest BCUT2D eigenvalue weighted by Crippen LogP contribution is 2.36. The van der Waals surface area contributed by atoms with Gasteiger partial charge in [0.25, 0.3) is 0 Å². The van der Waals surface area contributed by atoms with E-state index in [1.165, 1.54) is 33.3 Å². The van der Waals surface area contributed by atoms with E-state index in [9.17, 15) is 57.5 Å². The van der Waals surface area contributed by atoms with E-state index in [4.69, 9.17) is 9.68 Å². The number of nitrogens with one attached hydrogen (secondary N) is 6. The summed E-state index contributed by atoms with van der Waals surface area (Å²) in [6.07, 6.45) is 24.5. The Morgan fingerprint density at radius 3 is 1.07 bits per heavy atom. The van der Waals surface area contributed by atoms with Crippen LogP contribution in [-0.2, 0) is 80.4 Å². The van der Waals surface area contributed by atoms with Gasteiger partial charge in [-0.2, -0.15) is 0 Å². The van der Waals surface area contributed by atoms with Crippen molar-refractivity contribution in [1.82, 2.24) is 31.4 Å². The predicted octanol–water partition coefficient (Wildman–Crippen LogP) is 13.8. The zero-order chi connectivity index (χ0) is 75.7. The number of para-hydroxylation sites is 2. The molecule has 24 heteroatoms. The molecule has 2 saturated carbocycles. The number of imide groups is 2. The second-order valence-corrected chi connectivity index (χ2v) is 31.0. The Hall–Kier alpha value is -8.06. The molecule has 0 aromatic heterocycles. The number of rotatable bonds is 46. The fraction of sp³-hybridized carbons (Fsp3) is 0.561. The number of anilines is 2. The van der Waals surface area contributed by atoms with E-state index in [1.54, 1.807) is 14.1 Å². The second kappa shape index (κ2) is 48.3. The minimum absolute atomic E-state index is 0.00582. The molecule has 2 aliphatic carbocycles. The predicted molar refractivity (Wildman–Crippen MR) is 411 cm³/mol. The fourth-order valence-electron chi connectivity index (χ4n) is 13.8. The first kappa shape index (κ1) is 85.2. The molecule has 0 spiro atoms. The van der Waals surface area contributed by atoms with Gasteiger partial charge in [-0.3, -0.25) is 77.0 Å². The van der Waals surface area contributed by atoms with Crippen LogP contribution in [-0.4, -0.2) is 118 Å². The minimum atomic E-state index is -0.455. The summed E-state index contributed by atoms with van der Waals surface area (Å²) in [5, 5.41) is 10.3. The summed E-state index contributed by atoms with van der Waals surface area (Å²) in [7, 11) is 3.36. The van der Waals surface area contributed by atoms with Crippen molar-refractivity contribution in [2.24, 2.45) is 23.7 Å². The van der Waals surface area contributed by atoms with Crippen molar-refractivity contribution in [1.29, 1.82) is 0 Å². The minimum Gasteiger partial charge on any atom is -0.359 e. The monoisotopic (exact) mass is 1500 g/mol. The molecule has 2 atom stereocenters. The van der Waals surface area contributed by atoms with E-state index in [0.717, 1.165) is 161 Å². The summed E-state index contributed by atoms with van der Waals surface area (Å²) >= 11 is 2.76. The van der Waals surface area contributed by atoms with Crippen molar-refractivity contribution in [3.63, 3.8) is 0 Å². The largest absolute Gasteiger partial charge is 0.359 e. The van der Waals surface area contributed by atoms with Gasteiger partial charge in [-0.05, 0) is 187 Å². The van der Waals surface area contributed by atoms with Crippen LogP contribution in [0.15, 0.2) is 119 Å². The number of hydroxylamine groups is 2. The van der Waals surface area contributed by atoms with Crippen LogP contribution in [0.5, 0.6) is 0 Å². The average molecular weight is 1500 g/mol. The molecule has 576 valence electrons. The second-order valence-electron chi connectivity index (χ2n) is 28.4. The molecule has 8 rings (SSSR count). The number of unbranched alkanes of at least 4 members (excludes halogenated alkanes) is 10. The highest BCUT2D eigenvalue weighted by Gasteiger charge is 2.40. The van der Waals surface area contributed by atoms with Gasteiger partial charge in [0.1, 0.15) is 11.6 Å². The lowest BCUT2D eigenvalue weighted by Crippen LogP contribution is -2.32. The molecule has 2 heterocycles. The van der Waals surface area contributed by atoms with Gasteiger partial charge in [0.2, 0.25) is 59.1 Å². The first-order valence-corrected chi connectivity index (χ1v) is 40.4. The van der Waals surface area contributed by atoms with Crippen LogP contribution >= 0.6 is 23.5 Å². The molecule has 4 aliphatic rings. The zero-order valence-electron chi connectivity index (χ0n) is 62.2. The molecule has 0 radical (unpaired) electrons. The zero-order valence-corrected chi connectivity index (χ0v) is 63.8. The van der Waals surface area contributed by atoms with Gasteiger partial charge in [0, 0.05) is 124 Å². The number of hydrogen-bond donors (Lipinski definition) is 6. The van der Waals surface area contributed by atoms with Crippen LogP contribution in [0.3, 0.4) is 0 Å². The van der Waals surface area contributed by atoms with Gasteiger partial charge < -0.3 is 21.3 Å². The smallest absolute Gasteiger partial charge is 0.243 e. The standard InChI is InChI=1S/2C41H56N4O7S/c2*1-42-40(50)32-22-17-30(18-23-32)19-24-34(46)14-8-5-11-27-45-39(49)28-36(41(45)51)53-35-25-20-31(21-26-35)29-52-44-38(48)16-10-3-2-9-15-37(47)43-33-12-6-4-7-13-33/h2*4,6-7,12-13,20-21,25-26,30,32,36H,2-3,5,8-11,14-19,22-24,27-29H2,1H3,(H,42,50)(H,43,47)(H,44,48). The van der Waals surface area contributed by atoms with Crippen molar-refractivity contribution in [3.8, 4) is 0 Å². The third-order valence-electron chi connectivity index (χ3n) is 20.2. The Morgan fingerprint density at radius 2 is 0.717 bits per heavy atom. The number of Topliss-reactive ketones (excluding diaryl/α,β-unsaturated/α-hetero) is 2. The van der Waals surface area contributed by atoms with Crippen LogP contribution < -0.4 is 32.2 Å². The number of amides is 10. The highest BCUT2D eigenvalue weighted by atomic mass is 32.2. The third kappa shape index (κ3) is 32.2. The van der Waals surface area contributed by atoms with E-state index in [1.807, 2.05) is 109 Å². The van der Waals surface area contributed by atoms with E-state index in [-0.39, 0.29) is 109 Å². The lowest BCUT2D eigenvalue weighted by atomic mass is 9.79. The molecule has 22 nitrogen and oxygen atoms in total. The Morgan fingerprint density at radius 1 is 0.387 bits per heavy atom. The Labute approximate surface area is 634 Å². The van der Waals surface area contributed by atoms with Crippen molar-refractivity contribution < 1.29 is 67.2 Å². The molecule has 2 unspecified atom stereocenters. The van der Waals surface area contributed by atoms with Crippen LogP contribution in [0.1, 0.15) is 229 Å². The summed E-state index contributed by atoms with van der Waals surface area (Å²) < 4.78 is 0. The van der Waals surface area contributed by atoms with Gasteiger partial charge >= 0.3 is 0 Å².